The molecule has 7 aliphatic rings. The second kappa shape index (κ2) is 52.4. The average Bonchev–Trinajstić information content (AvgIpc) is 0.948. The molecule has 703 valence electrons. The third kappa shape index (κ3) is 24.5. The predicted octanol–water partition coefficient (Wildman–Crippen LogP) is 19.8. The Kier molecular flexibility index (Phi) is 41.2. The monoisotopic (exact) mass is 2060 g/mol. The maximum absolute atomic E-state index is 11.8. The maximum Gasteiger partial charge on any atom is 2.00 e. The van der Waals surface area contributed by atoms with Crippen molar-refractivity contribution in [3.8, 4) is 79.4 Å². The van der Waals surface area contributed by atoms with Crippen LogP contribution in [0.2, 0.25) is 0 Å². The molecule has 5 radical (unpaired) electrons. The number of carbonyl (C=O) groups excluding carboxylic acids is 6. The van der Waals surface area contributed by atoms with E-state index < -0.39 is 80.7 Å². The minimum absolute atomic E-state index is 0. The number of rotatable bonds is 0. The summed E-state index contributed by atoms with van der Waals surface area (Å²) in [6.07, 6.45) is 10.2. The number of hydrogen-bond acceptors (Lipinski definition) is 18. The van der Waals surface area contributed by atoms with Crippen LogP contribution < -0.4 is 40.9 Å². The molecule has 0 bridgehead atoms. The molecule has 138 heavy (non-hydrogen) atoms. The van der Waals surface area contributed by atoms with Crippen molar-refractivity contribution in [2.75, 3.05) is 52.9 Å². The number of carbonyl (C=O) groups is 6. The maximum atomic E-state index is 11.8. The van der Waals surface area contributed by atoms with Crippen molar-refractivity contribution in [3.05, 3.63) is 373 Å². The number of benzene rings is 18. The van der Waals surface area contributed by atoms with Crippen molar-refractivity contribution in [1.29, 1.82) is 0 Å². The normalized spacial score (nSPS) is 13.2. The van der Waals surface area contributed by atoms with Crippen LogP contribution in [-0.4, -0.2) is 87.6 Å². The summed E-state index contributed by atoms with van der Waals surface area (Å²) in [5.74, 6) is -5.71. The van der Waals surface area contributed by atoms with Crippen LogP contribution in [0, 0.1) is 0 Å². The molecule has 4 aliphatic heterocycles. The minimum atomic E-state index is -0.408. The summed E-state index contributed by atoms with van der Waals surface area (Å²) in [6, 6.07) is 101. The topological polar surface area (TPSA) is 352 Å². The van der Waals surface area contributed by atoms with Crippen molar-refractivity contribution in [2.24, 2.45) is 0 Å². The summed E-state index contributed by atoms with van der Waals surface area (Å²) in [7, 11) is 0. The van der Waals surface area contributed by atoms with Gasteiger partial charge in [0, 0.05) is 86.2 Å². The van der Waals surface area contributed by atoms with Crippen LogP contribution in [-0.2, 0) is 108 Å². The fourth-order valence-electron chi connectivity index (χ4n) is 16.6. The molecule has 25 rings (SSSR count). The number of ketones is 6. The van der Waals surface area contributed by atoms with E-state index >= 15 is 0 Å². The fraction of sp³-hybridized carbons (Fsp3) is 0.140. The molecule has 4 heterocycles. The van der Waals surface area contributed by atoms with Gasteiger partial charge in [0.2, 0.25) is 34.7 Å². The zero-order chi connectivity index (χ0) is 92.0. The van der Waals surface area contributed by atoms with Crippen LogP contribution >= 0.6 is 0 Å². The Morgan fingerprint density at radius 3 is 0.319 bits per heavy atom. The third-order valence-electron chi connectivity index (χ3n) is 23.2. The summed E-state index contributed by atoms with van der Waals surface area (Å²) in [5, 5.41) is 105. The number of Topliss-reactive ketones (excluding diaryl/α,β-unsaturated/α-hetero) is 6. The Balaban J connectivity index is 0.000000173. The standard InChI is InChI=1S/4C14H10O2.3C14H8O2.4C4H8O.5Co.O/c7*15-13-11-7-3-1-5-9(11)10-6-2-4-8-12(10)14(13)16;4*1-2-4-5-3-1;;;;;;/h4*1-8,15-16H;3*1-8H;4*1-4H2;;;;;;/q;;;;;;;;;;;5*+2;-2/p-8. The molecule has 18 aromatic carbocycles. The van der Waals surface area contributed by atoms with E-state index in [9.17, 15) is 69.6 Å². The minimum Gasteiger partial charge on any atom is -2.00 e. The molecule has 0 atom stereocenters. The van der Waals surface area contributed by atoms with Crippen LogP contribution in [0.15, 0.2) is 340 Å². The van der Waals surface area contributed by atoms with Crippen LogP contribution in [0.1, 0.15) is 114 Å². The molecule has 0 saturated carbocycles. The molecule has 0 unspecified atom stereocenters. The van der Waals surface area contributed by atoms with Gasteiger partial charge in [-0.3, -0.25) is 28.8 Å². The van der Waals surface area contributed by atoms with Crippen LogP contribution in [0.25, 0.3) is 120 Å². The Bertz CT molecular complexity index is 6100. The van der Waals surface area contributed by atoms with E-state index in [1.165, 1.54) is 51.4 Å². The number of fused-ring (bicyclic) bond motifs is 21. The summed E-state index contributed by atoms with van der Waals surface area (Å²) in [5.41, 5.74) is 8.13. The van der Waals surface area contributed by atoms with Gasteiger partial charge in [0.1, 0.15) is 0 Å². The molecule has 4 saturated heterocycles. The molecule has 0 N–H and O–H groups in total. The van der Waals surface area contributed by atoms with E-state index in [1.54, 1.807) is 170 Å². The molecule has 0 aromatic heterocycles. The summed E-state index contributed by atoms with van der Waals surface area (Å²) >= 11 is 0. The van der Waals surface area contributed by atoms with Gasteiger partial charge in [-0.2, -0.15) is 0 Å². The largest absolute Gasteiger partial charge is 2.00 e. The zero-order valence-corrected chi connectivity index (χ0v) is 79.3. The SMILES string of the molecule is C1CCOC1.C1CCOC1.C1CCOC1.C1CCOC1.O=C1C(=O)c2ccccc2-c2ccccc21.O=C1C(=O)c2ccccc2-c2ccccc21.O=C1C(=O)c2ccccc2-c2ccccc21.[Co+2].[Co+2].[Co+2].[Co+2].[Co+2].[O-2].[O-]c1c([O-])c2ccccc2c2ccccc12.[O-]c1c([O-])c2ccccc2c2ccccc12.[O-]c1c([O-])c2ccccc2c2ccccc12.[O-]c1c([O-])c2ccccc2c2ccccc12. The first kappa shape index (κ1) is 108. The van der Waals surface area contributed by atoms with Crippen LogP contribution in [0.3, 0.4) is 0 Å². The molecule has 24 heteroatoms. The quantitative estimate of drug-likeness (QED) is 0.100. The van der Waals surface area contributed by atoms with Gasteiger partial charge in [0.25, 0.3) is 0 Å². The fourth-order valence-corrected chi connectivity index (χ4v) is 16.6. The van der Waals surface area contributed by atoms with Crippen LogP contribution in [0.4, 0.5) is 0 Å². The number of hydrogen-bond donors (Lipinski definition) is 0. The summed E-state index contributed by atoms with van der Waals surface area (Å²) in [6.45, 7) is 8.00. The van der Waals surface area contributed by atoms with Gasteiger partial charge in [-0.15, -0.1) is 46.0 Å². The van der Waals surface area contributed by atoms with Gasteiger partial charge >= 0.3 is 83.9 Å². The molecular weight excluding hydrogens is 1970 g/mol. The van der Waals surface area contributed by atoms with Crippen molar-refractivity contribution in [2.45, 2.75) is 51.4 Å². The second-order valence-electron chi connectivity index (χ2n) is 31.5. The summed E-state index contributed by atoms with van der Waals surface area (Å²) in [4.78, 5) is 71.0. The Morgan fingerprint density at radius 1 is 0.138 bits per heavy atom. The first-order valence-electron chi connectivity index (χ1n) is 43.8. The molecule has 0 spiro atoms. The first-order valence-corrected chi connectivity index (χ1v) is 43.8. The Morgan fingerprint density at radius 2 is 0.225 bits per heavy atom. The van der Waals surface area contributed by atoms with E-state index in [0.717, 1.165) is 129 Å². The molecule has 19 nitrogen and oxygen atoms in total. The summed E-state index contributed by atoms with van der Waals surface area (Å²) < 4.78 is 19.8. The molecule has 18 aromatic rings. The Hall–Kier alpha value is -13.2. The van der Waals surface area contributed by atoms with Gasteiger partial charge in [0.15, 0.2) is 0 Å². The first-order chi connectivity index (χ1) is 64.5. The molecule has 3 aliphatic carbocycles. The predicted molar refractivity (Wildman–Crippen MR) is 504 cm³/mol. The molecular formula is C114H88Co5O19. The number of ether oxygens (including phenoxy) is 4. The third-order valence-corrected chi connectivity index (χ3v) is 23.2. The van der Waals surface area contributed by atoms with E-state index in [0.29, 0.717) is 76.5 Å². The van der Waals surface area contributed by atoms with E-state index in [1.807, 2.05) is 170 Å². The van der Waals surface area contributed by atoms with Gasteiger partial charge in [-0.1, -0.05) is 340 Å². The van der Waals surface area contributed by atoms with Crippen molar-refractivity contribution in [1.82, 2.24) is 0 Å². The Labute approximate surface area is 848 Å². The molecule has 4 fully saturated rings. The van der Waals surface area contributed by atoms with Crippen LogP contribution in [0.5, 0.6) is 46.0 Å². The van der Waals surface area contributed by atoms with Gasteiger partial charge in [0.05, 0.1) is 0 Å². The zero-order valence-electron chi connectivity index (χ0n) is 74.1. The second-order valence-corrected chi connectivity index (χ2v) is 31.5. The molecule has 0 amide bonds. The van der Waals surface area contributed by atoms with Crippen molar-refractivity contribution in [3.63, 3.8) is 0 Å². The van der Waals surface area contributed by atoms with Crippen molar-refractivity contribution >= 4 is 121 Å². The van der Waals surface area contributed by atoms with Gasteiger partial charge < -0.3 is 65.3 Å². The smallest absolute Gasteiger partial charge is 2.00 e. The van der Waals surface area contributed by atoms with Crippen molar-refractivity contribution < 1.29 is 178 Å². The van der Waals surface area contributed by atoms with Gasteiger partial charge in [-0.25, -0.2) is 0 Å². The van der Waals surface area contributed by atoms with Gasteiger partial charge in [-0.05, 0) is 171 Å². The van der Waals surface area contributed by atoms with E-state index in [2.05, 4.69) is 0 Å². The average molecular weight is 2060 g/mol. The van der Waals surface area contributed by atoms with E-state index in [4.69, 9.17) is 18.9 Å². The van der Waals surface area contributed by atoms with E-state index in [-0.39, 0.29) is 89.4 Å².